The lowest BCUT2D eigenvalue weighted by atomic mass is 10.1. The summed E-state index contributed by atoms with van der Waals surface area (Å²) >= 11 is 0. The number of H-pyrrole nitrogens is 1. The number of aromatic amines is 1. The molecular weight excluding hydrogens is 210 g/mol. The van der Waals surface area contributed by atoms with Crippen LogP contribution >= 0.6 is 0 Å². The quantitative estimate of drug-likeness (QED) is 0.846. The van der Waals surface area contributed by atoms with Crippen LogP contribution in [0, 0.1) is 6.92 Å². The lowest BCUT2D eigenvalue weighted by Gasteiger charge is -2.01. The van der Waals surface area contributed by atoms with Crippen molar-refractivity contribution in [2.24, 2.45) is 5.73 Å². The molecule has 0 atom stereocenters. The van der Waals surface area contributed by atoms with Gasteiger partial charge in [-0.15, -0.1) is 0 Å². The zero-order valence-corrected chi connectivity index (χ0v) is 10.5. The second kappa shape index (κ2) is 5.15. The van der Waals surface area contributed by atoms with Crippen LogP contribution < -0.4 is 5.73 Å². The summed E-state index contributed by atoms with van der Waals surface area (Å²) in [5.74, 6) is 0.987. The van der Waals surface area contributed by atoms with Gasteiger partial charge in [0.25, 0.3) is 0 Å². The Bertz CT molecular complexity index is 500. The van der Waals surface area contributed by atoms with Gasteiger partial charge in [-0.1, -0.05) is 30.7 Å². The minimum Gasteiger partial charge on any atom is -0.345 e. The van der Waals surface area contributed by atoms with E-state index in [9.17, 15) is 0 Å². The number of aryl methyl sites for hydroxylation is 2. The molecule has 0 aliphatic carbocycles. The monoisotopic (exact) mass is 229 g/mol. The molecule has 0 aliphatic rings. The maximum atomic E-state index is 5.56. The predicted molar refractivity (Wildman–Crippen MR) is 70.9 cm³/mol. The Morgan fingerprint density at radius 1 is 1.35 bits per heavy atom. The van der Waals surface area contributed by atoms with Gasteiger partial charge in [-0.25, -0.2) is 4.98 Å². The van der Waals surface area contributed by atoms with Crippen LogP contribution in [0.3, 0.4) is 0 Å². The van der Waals surface area contributed by atoms with Gasteiger partial charge >= 0.3 is 0 Å². The summed E-state index contributed by atoms with van der Waals surface area (Å²) in [5, 5.41) is 0. The van der Waals surface area contributed by atoms with E-state index in [0.717, 1.165) is 24.4 Å². The van der Waals surface area contributed by atoms with Crippen molar-refractivity contribution in [3.63, 3.8) is 0 Å². The van der Waals surface area contributed by atoms with Gasteiger partial charge in [0, 0.05) is 17.7 Å². The summed E-state index contributed by atoms with van der Waals surface area (Å²) in [6.07, 6.45) is 1.76. The first-order chi connectivity index (χ1) is 8.24. The summed E-state index contributed by atoms with van der Waals surface area (Å²) in [6.45, 7) is 4.87. The number of imidazole rings is 1. The van der Waals surface area contributed by atoms with E-state index >= 15 is 0 Å². The van der Waals surface area contributed by atoms with Crippen molar-refractivity contribution in [3.8, 4) is 11.3 Å². The molecule has 0 amide bonds. The van der Waals surface area contributed by atoms with E-state index in [1.165, 1.54) is 16.8 Å². The molecule has 90 valence electrons. The van der Waals surface area contributed by atoms with E-state index in [4.69, 9.17) is 5.73 Å². The molecule has 0 unspecified atom stereocenters. The first kappa shape index (κ1) is 11.9. The number of benzene rings is 1. The van der Waals surface area contributed by atoms with Gasteiger partial charge in [0.1, 0.15) is 5.82 Å². The maximum Gasteiger partial charge on any atom is 0.108 e. The fraction of sp³-hybridized carbons (Fsp3) is 0.357. The van der Waals surface area contributed by atoms with Crippen molar-refractivity contribution < 1.29 is 0 Å². The lowest BCUT2D eigenvalue weighted by Crippen LogP contribution is -2.03. The second-order valence-electron chi connectivity index (χ2n) is 4.27. The molecule has 3 N–H and O–H groups in total. The Kier molecular flexibility index (Phi) is 3.59. The molecule has 0 fully saturated rings. The molecule has 3 heteroatoms. The van der Waals surface area contributed by atoms with E-state index in [1.54, 1.807) is 0 Å². The summed E-state index contributed by atoms with van der Waals surface area (Å²) < 4.78 is 0. The SMILES string of the molecule is CCc1[nH]c(CCN)nc1-c1cccc(C)c1. The maximum absolute atomic E-state index is 5.56. The Morgan fingerprint density at radius 2 is 2.18 bits per heavy atom. The van der Waals surface area contributed by atoms with Gasteiger partial charge in [0.15, 0.2) is 0 Å². The van der Waals surface area contributed by atoms with Crippen LogP contribution in [0.2, 0.25) is 0 Å². The number of hydrogen-bond donors (Lipinski definition) is 2. The average Bonchev–Trinajstić information content (AvgIpc) is 2.73. The van der Waals surface area contributed by atoms with E-state index in [1.807, 2.05) is 0 Å². The molecule has 2 rings (SSSR count). The highest BCUT2D eigenvalue weighted by Gasteiger charge is 2.10. The van der Waals surface area contributed by atoms with Crippen LogP contribution in [-0.4, -0.2) is 16.5 Å². The molecule has 1 heterocycles. The normalized spacial score (nSPS) is 10.8. The molecule has 17 heavy (non-hydrogen) atoms. The van der Waals surface area contributed by atoms with E-state index < -0.39 is 0 Å². The lowest BCUT2D eigenvalue weighted by molar-refractivity contribution is 0.885. The number of aromatic nitrogens is 2. The molecule has 0 saturated heterocycles. The van der Waals surface area contributed by atoms with Crippen LogP contribution in [0.25, 0.3) is 11.3 Å². The van der Waals surface area contributed by atoms with E-state index in [2.05, 4.69) is 48.1 Å². The highest BCUT2D eigenvalue weighted by molar-refractivity contribution is 5.63. The first-order valence-electron chi connectivity index (χ1n) is 6.09. The third-order valence-corrected chi connectivity index (χ3v) is 2.85. The second-order valence-corrected chi connectivity index (χ2v) is 4.27. The standard InChI is InChI=1S/C14H19N3/c1-3-12-14(17-13(16-12)7-8-15)11-6-4-5-10(2)9-11/h4-6,9H,3,7-8,15H2,1-2H3,(H,16,17). The third kappa shape index (κ3) is 2.56. The van der Waals surface area contributed by atoms with E-state index in [0.29, 0.717) is 6.54 Å². The average molecular weight is 229 g/mol. The minimum absolute atomic E-state index is 0.629. The number of nitrogens with zero attached hydrogens (tertiary/aromatic N) is 1. The summed E-state index contributed by atoms with van der Waals surface area (Å²) in [4.78, 5) is 8.01. The zero-order valence-electron chi connectivity index (χ0n) is 10.5. The first-order valence-corrected chi connectivity index (χ1v) is 6.09. The Hall–Kier alpha value is -1.61. The van der Waals surface area contributed by atoms with Crippen LogP contribution in [0.5, 0.6) is 0 Å². The molecule has 0 saturated carbocycles. The van der Waals surface area contributed by atoms with Gasteiger partial charge in [-0.3, -0.25) is 0 Å². The molecule has 0 radical (unpaired) electrons. The smallest absolute Gasteiger partial charge is 0.108 e. The Morgan fingerprint density at radius 3 is 2.82 bits per heavy atom. The topological polar surface area (TPSA) is 54.7 Å². The number of nitrogens with one attached hydrogen (secondary N) is 1. The summed E-state index contributed by atoms with van der Waals surface area (Å²) in [6, 6.07) is 8.44. The largest absolute Gasteiger partial charge is 0.345 e. The molecule has 0 bridgehead atoms. The van der Waals surface area contributed by atoms with Gasteiger partial charge in [-0.2, -0.15) is 0 Å². The minimum atomic E-state index is 0.629. The van der Waals surface area contributed by atoms with Crippen molar-refractivity contribution in [1.82, 2.24) is 9.97 Å². The summed E-state index contributed by atoms with van der Waals surface area (Å²) in [7, 11) is 0. The molecule has 0 aliphatic heterocycles. The van der Waals surface area contributed by atoms with Gasteiger partial charge < -0.3 is 10.7 Å². The van der Waals surface area contributed by atoms with Gasteiger partial charge in [0.05, 0.1) is 5.69 Å². The summed E-state index contributed by atoms with van der Waals surface area (Å²) in [5.41, 5.74) is 10.3. The number of nitrogens with two attached hydrogens (primary N) is 1. The Balaban J connectivity index is 2.43. The van der Waals surface area contributed by atoms with Gasteiger partial charge in [-0.05, 0) is 26.0 Å². The van der Waals surface area contributed by atoms with Crippen molar-refractivity contribution in [2.75, 3.05) is 6.54 Å². The highest BCUT2D eigenvalue weighted by atomic mass is 14.9. The number of rotatable bonds is 4. The Labute approximate surface area is 102 Å². The molecule has 1 aromatic carbocycles. The van der Waals surface area contributed by atoms with Crippen molar-refractivity contribution >= 4 is 0 Å². The van der Waals surface area contributed by atoms with Crippen molar-refractivity contribution in [1.29, 1.82) is 0 Å². The molecule has 3 nitrogen and oxygen atoms in total. The molecule has 1 aromatic heterocycles. The van der Waals surface area contributed by atoms with E-state index in [-0.39, 0.29) is 0 Å². The fourth-order valence-electron chi connectivity index (χ4n) is 2.01. The van der Waals surface area contributed by atoms with Crippen molar-refractivity contribution in [2.45, 2.75) is 26.7 Å². The predicted octanol–water partition coefficient (Wildman–Crippen LogP) is 2.45. The van der Waals surface area contributed by atoms with Gasteiger partial charge in [0.2, 0.25) is 0 Å². The third-order valence-electron chi connectivity index (χ3n) is 2.85. The van der Waals surface area contributed by atoms with Crippen LogP contribution in [0.1, 0.15) is 24.0 Å². The van der Waals surface area contributed by atoms with Crippen LogP contribution in [0.15, 0.2) is 24.3 Å². The fourth-order valence-corrected chi connectivity index (χ4v) is 2.01. The highest BCUT2D eigenvalue weighted by Crippen LogP contribution is 2.23. The molecular formula is C14H19N3. The van der Waals surface area contributed by atoms with Crippen molar-refractivity contribution in [3.05, 3.63) is 41.3 Å². The number of hydrogen-bond acceptors (Lipinski definition) is 2. The zero-order chi connectivity index (χ0) is 12.3. The van der Waals surface area contributed by atoms with Crippen LogP contribution in [-0.2, 0) is 12.8 Å². The molecule has 2 aromatic rings. The van der Waals surface area contributed by atoms with Crippen LogP contribution in [0.4, 0.5) is 0 Å². The molecule has 0 spiro atoms.